The van der Waals surface area contributed by atoms with Crippen LogP contribution in [0.2, 0.25) is 0 Å². The van der Waals surface area contributed by atoms with Crippen LogP contribution in [-0.2, 0) is 9.84 Å². The number of hydrogen-bond acceptors (Lipinski definition) is 3. The van der Waals surface area contributed by atoms with Crippen molar-refractivity contribution in [3.63, 3.8) is 0 Å². The quantitative estimate of drug-likeness (QED) is 0.665. The molecule has 1 rings (SSSR count). The molecule has 0 aromatic rings. The Morgan fingerprint density at radius 3 is 2.45 bits per heavy atom. The van der Waals surface area contributed by atoms with E-state index in [1.165, 1.54) is 0 Å². The number of nitrogens with two attached hydrogens (primary N) is 1. The smallest absolute Gasteiger partial charge is 0.151 e. The first kappa shape index (κ1) is 9.00. The zero-order chi connectivity index (χ0) is 8.48. The highest BCUT2D eigenvalue weighted by atomic mass is 32.2. The monoisotopic (exact) mass is 177 g/mol. The molecule has 4 heteroatoms. The van der Waals surface area contributed by atoms with Gasteiger partial charge in [-0.2, -0.15) is 0 Å². The van der Waals surface area contributed by atoms with Gasteiger partial charge in [0.2, 0.25) is 0 Å². The Hall–Kier alpha value is -0.0900. The summed E-state index contributed by atoms with van der Waals surface area (Å²) in [4.78, 5) is 0. The Labute approximate surface area is 67.9 Å². The molecular formula is C7H15NO2S. The summed E-state index contributed by atoms with van der Waals surface area (Å²) >= 11 is 0. The molecule has 1 saturated carbocycles. The van der Waals surface area contributed by atoms with Crippen LogP contribution >= 0.6 is 0 Å². The lowest BCUT2D eigenvalue weighted by molar-refractivity contribution is 0.575. The van der Waals surface area contributed by atoms with Gasteiger partial charge in [0.05, 0.1) is 5.75 Å². The minimum absolute atomic E-state index is 0.111. The van der Waals surface area contributed by atoms with Crippen LogP contribution in [0.15, 0.2) is 0 Å². The van der Waals surface area contributed by atoms with Crippen molar-refractivity contribution in [2.24, 2.45) is 11.7 Å². The van der Waals surface area contributed by atoms with Gasteiger partial charge in [-0.05, 0) is 18.8 Å². The van der Waals surface area contributed by atoms with E-state index in [9.17, 15) is 8.42 Å². The summed E-state index contributed by atoms with van der Waals surface area (Å²) in [5.74, 6) is 0.873. The fourth-order valence-electron chi connectivity index (χ4n) is 1.07. The number of hydrogen-bond donors (Lipinski definition) is 1. The second-order valence-corrected chi connectivity index (χ2v) is 5.60. The zero-order valence-electron chi connectivity index (χ0n) is 6.79. The highest BCUT2D eigenvalue weighted by Gasteiger charge is 2.30. The highest BCUT2D eigenvalue weighted by molar-refractivity contribution is 7.91. The van der Waals surface area contributed by atoms with Crippen LogP contribution < -0.4 is 5.73 Å². The third kappa shape index (κ3) is 2.79. The van der Waals surface area contributed by atoms with Crippen LogP contribution in [0.3, 0.4) is 0 Å². The Morgan fingerprint density at radius 1 is 1.55 bits per heavy atom. The standard InChI is InChI=1S/C7H15NO2S/c1-2-11(9,10)5-7(8)6-3-4-6/h6-7H,2-5,8H2,1H3. The molecule has 0 heterocycles. The van der Waals surface area contributed by atoms with Gasteiger partial charge in [0.1, 0.15) is 0 Å². The fraction of sp³-hybridized carbons (Fsp3) is 1.00. The highest BCUT2D eigenvalue weighted by Crippen LogP contribution is 2.31. The summed E-state index contributed by atoms with van der Waals surface area (Å²) in [5.41, 5.74) is 5.66. The van der Waals surface area contributed by atoms with Crippen molar-refractivity contribution in [1.29, 1.82) is 0 Å². The van der Waals surface area contributed by atoms with Gasteiger partial charge >= 0.3 is 0 Å². The number of sulfone groups is 1. The largest absolute Gasteiger partial charge is 0.327 e. The predicted octanol–water partition coefficient (Wildman–Crippen LogP) is 0.158. The Balaban J connectivity index is 2.40. The normalized spacial score (nSPS) is 21.6. The van der Waals surface area contributed by atoms with E-state index in [0.717, 1.165) is 12.8 Å². The molecule has 0 aromatic heterocycles. The first-order valence-electron chi connectivity index (χ1n) is 4.01. The first-order chi connectivity index (χ1) is 5.05. The van der Waals surface area contributed by atoms with Gasteiger partial charge in [0.25, 0.3) is 0 Å². The molecule has 1 aliphatic rings. The molecule has 3 nitrogen and oxygen atoms in total. The third-order valence-electron chi connectivity index (χ3n) is 2.11. The van der Waals surface area contributed by atoms with E-state index in [4.69, 9.17) is 5.73 Å². The molecule has 66 valence electrons. The number of rotatable bonds is 4. The van der Waals surface area contributed by atoms with Crippen LogP contribution in [0.1, 0.15) is 19.8 Å². The molecule has 0 amide bonds. The average Bonchev–Trinajstić information content (AvgIpc) is 2.67. The summed E-state index contributed by atoms with van der Waals surface area (Å²) in [6.45, 7) is 1.66. The van der Waals surface area contributed by atoms with E-state index in [1.807, 2.05) is 0 Å². The molecule has 0 aliphatic heterocycles. The van der Waals surface area contributed by atoms with Crippen molar-refractivity contribution in [1.82, 2.24) is 0 Å². The minimum atomic E-state index is -2.85. The molecule has 1 unspecified atom stereocenters. The summed E-state index contributed by atoms with van der Waals surface area (Å²) in [6, 6.07) is -0.111. The third-order valence-corrected chi connectivity index (χ3v) is 3.89. The maximum absolute atomic E-state index is 11.1. The van der Waals surface area contributed by atoms with Crippen LogP contribution in [0, 0.1) is 5.92 Å². The van der Waals surface area contributed by atoms with E-state index in [2.05, 4.69) is 0 Å². The molecule has 1 aliphatic carbocycles. The Bertz CT molecular complexity index is 219. The first-order valence-corrected chi connectivity index (χ1v) is 5.83. The summed E-state index contributed by atoms with van der Waals surface area (Å²) in [5, 5.41) is 0. The topological polar surface area (TPSA) is 60.2 Å². The van der Waals surface area contributed by atoms with Crippen molar-refractivity contribution in [2.75, 3.05) is 11.5 Å². The molecule has 1 fully saturated rings. The van der Waals surface area contributed by atoms with Gasteiger partial charge < -0.3 is 5.73 Å². The molecule has 1 atom stereocenters. The van der Waals surface area contributed by atoms with E-state index in [1.54, 1.807) is 6.92 Å². The van der Waals surface area contributed by atoms with Crippen molar-refractivity contribution < 1.29 is 8.42 Å². The lowest BCUT2D eigenvalue weighted by Gasteiger charge is -2.08. The van der Waals surface area contributed by atoms with Gasteiger partial charge in [-0.15, -0.1) is 0 Å². The Morgan fingerprint density at radius 2 is 2.09 bits per heavy atom. The van der Waals surface area contributed by atoms with E-state index in [-0.39, 0.29) is 17.5 Å². The van der Waals surface area contributed by atoms with E-state index in [0.29, 0.717) is 5.92 Å². The van der Waals surface area contributed by atoms with Crippen molar-refractivity contribution in [2.45, 2.75) is 25.8 Å². The van der Waals surface area contributed by atoms with Gasteiger partial charge in [-0.1, -0.05) is 6.92 Å². The lowest BCUT2D eigenvalue weighted by Crippen LogP contribution is -2.32. The maximum Gasteiger partial charge on any atom is 0.151 e. The molecule has 0 saturated heterocycles. The molecule has 0 bridgehead atoms. The average molecular weight is 177 g/mol. The van der Waals surface area contributed by atoms with Gasteiger partial charge in [-0.3, -0.25) is 0 Å². The summed E-state index contributed by atoms with van der Waals surface area (Å²) in [6.07, 6.45) is 2.22. The Kier molecular flexibility index (Phi) is 2.54. The van der Waals surface area contributed by atoms with Gasteiger partial charge in [0, 0.05) is 11.8 Å². The van der Waals surface area contributed by atoms with E-state index < -0.39 is 9.84 Å². The van der Waals surface area contributed by atoms with Crippen LogP contribution in [0.25, 0.3) is 0 Å². The van der Waals surface area contributed by atoms with Crippen molar-refractivity contribution in [3.8, 4) is 0 Å². The molecular weight excluding hydrogens is 162 g/mol. The van der Waals surface area contributed by atoms with Crippen molar-refractivity contribution in [3.05, 3.63) is 0 Å². The second-order valence-electron chi connectivity index (χ2n) is 3.20. The second kappa shape index (κ2) is 3.11. The van der Waals surface area contributed by atoms with Crippen molar-refractivity contribution >= 4 is 9.84 Å². The molecule has 2 N–H and O–H groups in total. The van der Waals surface area contributed by atoms with E-state index >= 15 is 0 Å². The molecule has 0 aromatic carbocycles. The minimum Gasteiger partial charge on any atom is -0.327 e. The summed E-state index contributed by atoms with van der Waals surface area (Å²) < 4.78 is 22.1. The van der Waals surface area contributed by atoms with Crippen LogP contribution in [0.5, 0.6) is 0 Å². The molecule has 0 radical (unpaired) electrons. The zero-order valence-corrected chi connectivity index (χ0v) is 7.60. The molecule has 0 spiro atoms. The lowest BCUT2D eigenvalue weighted by atomic mass is 10.2. The SMILES string of the molecule is CCS(=O)(=O)CC(N)C1CC1. The predicted molar refractivity (Wildman–Crippen MR) is 45.0 cm³/mol. The van der Waals surface area contributed by atoms with Gasteiger partial charge in [0.15, 0.2) is 9.84 Å². The fourth-order valence-corrected chi connectivity index (χ4v) is 2.17. The van der Waals surface area contributed by atoms with Crippen LogP contribution in [-0.4, -0.2) is 26.0 Å². The molecule has 11 heavy (non-hydrogen) atoms. The maximum atomic E-state index is 11.1. The summed E-state index contributed by atoms with van der Waals surface area (Å²) in [7, 11) is -2.85. The van der Waals surface area contributed by atoms with Gasteiger partial charge in [-0.25, -0.2) is 8.42 Å². The van der Waals surface area contributed by atoms with Crippen LogP contribution in [0.4, 0.5) is 0 Å².